The number of benzene rings is 1. The highest BCUT2D eigenvalue weighted by molar-refractivity contribution is 7.90. The third-order valence-corrected chi connectivity index (χ3v) is 5.52. The van der Waals surface area contributed by atoms with Crippen molar-refractivity contribution in [2.24, 2.45) is 0 Å². The van der Waals surface area contributed by atoms with Crippen LogP contribution in [0.15, 0.2) is 29.2 Å². The fraction of sp³-hybridized carbons (Fsp3) is 0.588. The molecule has 128 valence electrons. The predicted molar refractivity (Wildman–Crippen MR) is 91.4 cm³/mol. The molecule has 1 N–H and O–H groups in total. The number of amides is 1. The number of hydrogen-bond acceptors (Lipinski definition) is 4. The molecule has 0 aliphatic carbocycles. The summed E-state index contributed by atoms with van der Waals surface area (Å²) in [6.07, 6.45) is 5.93. The molecule has 1 atom stereocenters. The van der Waals surface area contributed by atoms with Crippen molar-refractivity contribution in [3.05, 3.63) is 29.8 Å². The van der Waals surface area contributed by atoms with Crippen LogP contribution < -0.4 is 5.32 Å². The second-order valence-electron chi connectivity index (χ2n) is 6.29. The smallest absolute Gasteiger partial charge is 0.251 e. The first-order valence-corrected chi connectivity index (χ1v) is 10.1. The summed E-state index contributed by atoms with van der Waals surface area (Å²) in [6.45, 7) is 5.06. The molecule has 0 spiro atoms. The minimum absolute atomic E-state index is 0.156. The molecule has 1 unspecified atom stereocenters. The number of sulfone groups is 1. The van der Waals surface area contributed by atoms with Gasteiger partial charge in [0.1, 0.15) is 0 Å². The van der Waals surface area contributed by atoms with Crippen LogP contribution in [0.1, 0.15) is 43.0 Å². The maximum atomic E-state index is 12.0. The first-order chi connectivity index (χ1) is 10.9. The van der Waals surface area contributed by atoms with Gasteiger partial charge in [-0.1, -0.05) is 6.42 Å². The molecule has 1 aromatic carbocycles. The molecule has 1 fully saturated rings. The van der Waals surface area contributed by atoms with Gasteiger partial charge >= 0.3 is 0 Å². The SMILES string of the molecule is CC1CCCCN1CCCNC(=O)c1ccc(S(C)(=O)=O)cc1. The van der Waals surface area contributed by atoms with Crippen molar-refractivity contribution in [2.45, 2.75) is 43.5 Å². The van der Waals surface area contributed by atoms with E-state index in [2.05, 4.69) is 17.1 Å². The average molecular weight is 338 g/mol. The minimum Gasteiger partial charge on any atom is -0.352 e. The molecule has 0 radical (unpaired) electrons. The third-order valence-electron chi connectivity index (χ3n) is 4.39. The van der Waals surface area contributed by atoms with E-state index in [1.165, 1.54) is 31.4 Å². The first kappa shape index (κ1) is 17.9. The van der Waals surface area contributed by atoms with Gasteiger partial charge in [0.25, 0.3) is 5.91 Å². The standard InChI is InChI=1S/C17H26N2O3S/c1-14-6-3-4-12-19(14)13-5-11-18-17(20)15-7-9-16(10-8-15)23(2,21)22/h7-10,14H,3-6,11-13H2,1-2H3,(H,18,20). The van der Waals surface area contributed by atoms with Gasteiger partial charge in [0.15, 0.2) is 9.84 Å². The van der Waals surface area contributed by atoms with Crippen LogP contribution >= 0.6 is 0 Å². The summed E-state index contributed by atoms with van der Waals surface area (Å²) in [6, 6.07) is 6.69. The Morgan fingerprint density at radius 1 is 1.26 bits per heavy atom. The van der Waals surface area contributed by atoms with Crippen molar-refractivity contribution >= 4 is 15.7 Å². The maximum absolute atomic E-state index is 12.0. The van der Waals surface area contributed by atoms with E-state index in [1.54, 1.807) is 12.1 Å². The molecular formula is C17H26N2O3S. The lowest BCUT2D eigenvalue weighted by Crippen LogP contribution is -2.39. The van der Waals surface area contributed by atoms with Crippen LogP contribution in [0, 0.1) is 0 Å². The van der Waals surface area contributed by atoms with Crippen molar-refractivity contribution in [1.29, 1.82) is 0 Å². The average Bonchev–Trinajstić information content (AvgIpc) is 2.52. The van der Waals surface area contributed by atoms with Gasteiger partial charge in [-0.15, -0.1) is 0 Å². The number of rotatable bonds is 6. The van der Waals surface area contributed by atoms with Crippen molar-refractivity contribution in [3.63, 3.8) is 0 Å². The molecule has 23 heavy (non-hydrogen) atoms. The van der Waals surface area contributed by atoms with Gasteiger partial charge in [-0.25, -0.2) is 8.42 Å². The quantitative estimate of drug-likeness (QED) is 0.807. The number of nitrogens with zero attached hydrogens (tertiary/aromatic N) is 1. The molecule has 1 aromatic rings. The maximum Gasteiger partial charge on any atom is 0.251 e. The lowest BCUT2D eigenvalue weighted by Gasteiger charge is -2.33. The van der Waals surface area contributed by atoms with E-state index in [0.29, 0.717) is 18.2 Å². The Balaban J connectivity index is 1.76. The van der Waals surface area contributed by atoms with Gasteiger partial charge in [0.2, 0.25) is 0 Å². The summed E-state index contributed by atoms with van der Waals surface area (Å²) in [4.78, 5) is 14.8. The minimum atomic E-state index is -3.22. The highest BCUT2D eigenvalue weighted by Crippen LogP contribution is 2.16. The second kappa shape index (κ2) is 7.93. The highest BCUT2D eigenvalue weighted by atomic mass is 32.2. The van der Waals surface area contributed by atoms with E-state index < -0.39 is 9.84 Å². The van der Waals surface area contributed by atoms with Crippen LogP contribution in [0.3, 0.4) is 0 Å². The zero-order chi connectivity index (χ0) is 16.9. The topological polar surface area (TPSA) is 66.5 Å². The summed E-state index contributed by atoms with van der Waals surface area (Å²) in [5.41, 5.74) is 0.490. The molecule has 5 nitrogen and oxygen atoms in total. The number of hydrogen-bond donors (Lipinski definition) is 1. The van der Waals surface area contributed by atoms with Crippen LogP contribution in [-0.2, 0) is 9.84 Å². The Bertz CT molecular complexity index is 626. The summed E-state index contributed by atoms with van der Waals surface area (Å²) in [5, 5.41) is 2.90. The number of carbonyl (C=O) groups excluding carboxylic acids is 1. The molecule has 0 saturated carbocycles. The van der Waals surface area contributed by atoms with E-state index in [9.17, 15) is 13.2 Å². The molecule has 0 aromatic heterocycles. The van der Waals surface area contributed by atoms with Crippen molar-refractivity contribution in [2.75, 3.05) is 25.9 Å². The van der Waals surface area contributed by atoms with Crippen molar-refractivity contribution in [1.82, 2.24) is 10.2 Å². The van der Waals surface area contributed by atoms with E-state index in [1.807, 2.05) is 0 Å². The summed E-state index contributed by atoms with van der Waals surface area (Å²) >= 11 is 0. The van der Waals surface area contributed by atoms with Gasteiger partial charge in [-0.05, 0) is 57.0 Å². The molecule has 1 aliphatic heterocycles. The Kier molecular flexibility index (Phi) is 6.18. The predicted octanol–water partition coefficient (Wildman–Crippen LogP) is 2.08. The fourth-order valence-electron chi connectivity index (χ4n) is 2.93. The lowest BCUT2D eigenvalue weighted by atomic mass is 10.0. The van der Waals surface area contributed by atoms with Crippen LogP contribution in [0.2, 0.25) is 0 Å². The second-order valence-corrected chi connectivity index (χ2v) is 8.30. The van der Waals surface area contributed by atoms with Crippen LogP contribution in [0.4, 0.5) is 0 Å². The largest absolute Gasteiger partial charge is 0.352 e. The molecule has 1 saturated heterocycles. The summed E-state index contributed by atoms with van der Waals surface area (Å²) < 4.78 is 22.8. The third kappa shape index (κ3) is 5.32. The van der Waals surface area contributed by atoms with E-state index >= 15 is 0 Å². The molecular weight excluding hydrogens is 312 g/mol. The lowest BCUT2D eigenvalue weighted by molar-refractivity contribution is 0.0949. The van der Waals surface area contributed by atoms with Gasteiger partial charge in [-0.3, -0.25) is 4.79 Å². The van der Waals surface area contributed by atoms with Crippen molar-refractivity contribution < 1.29 is 13.2 Å². The normalized spacial score (nSPS) is 19.5. The van der Waals surface area contributed by atoms with E-state index in [0.717, 1.165) is 25.8 Å². The molecule has 1 amide bonds. The zero-order valence-electron chi connectivity index (χ0n) is 13.9. The molecule has 2 rings (SSSR count). The Labute approximate surface area is 139 Å². The monoisotopic (exact) mass is 338 g/mol. The molecule has 0 bridgehead atoms. The molecule has 1 aliphatic rings. The van der Waals surface area contributed by atoms with Gasteiger partial charge in [0.05, 0.1) is 4.90 Å². The van der Waals surface area contributed by atoms with Crippen LogP contribution in [0.25, 0.3) is 0 Å². The van der Waals surface area contributed by atoms with Gasteiger partial charge in [0, 0.05) is 31.0 Å². The Morgan fingerprint density at radius 3 is 2.57 bits per heavy atom. The summed E-state index contributed by atoms with van der Waals surface area (Å²) in [5.74, 6) is -0.156. The first-order valence-electron chi connectivity index (χ1n) is 8.20. The number of likely N-dealkylation sites (tertiary alicyclic amines) is 1. The molecule has 6 heteroatoms. The number of piperidine rings is 1. The van der Waals surface area contributed by atoms with Crippen LogP contribution in [-0.4, -0.2) is 51.2 Å². The van der Waals surface area contributed by atoms with Gasteiger partial charge in [-0.2, -0.15) is 0 Å². The Hall–Kier alpha value is -1.40. The highest BCUT2D eigenvalue weighted by Gasteiger charge is 2.17. The van der Waals surface area contributed by atoms with Gasteiger partial charge < -0.3 is 10.2 Å². The van der Waals surface area contributed by atoms with Crippen molar-refractivity contribution in [3.8, 4) is 0 Å². The molecule has 1 heterocycles. The fourth-order valence-corrected chi connectivity index (χ4v) is 3.56. The number of carbonyl (C=O) groups is 1. The van der Waals surface area contributed by atoms with E-state index in [4.69, 9.17) is 0 Å². The Morgan fingerprint density at radius 2 is 1.96 bits per heavy atom. The zero-order valence-corrected chi connectivity index (χ0v) is 14.7. The van der Waals surface area contributed by atoms with Crippen LogP contribution in [0.5, 0.6) is 0 Å². The number of nitrogens with one attached hydrogen (secondary N) is 1. The van der Waals surface area contributed by atoms with E-state index in [-0.39, 0.29) is 10.8 Å². The summed E-state index contributed by atoms with van der Waals surface area (Å²) in [7, 11) is -3.22.